The molecule has 0 fully saturated rings. The third kappa shape index (κ3) is 4.81. The first-order valence-corrected chi connectivity index (χ1v) is 7.19. The normalized spacial score (nSPS) is 11.1. The molecule has 0 bridgehead atoms. The van der Waals surface area contributed by atoms with Gasteiger partial charge in [0.05, 0.1) is 14.2 Å². The molecule has 0 aliphatic heterocycles. The monoisotopic (exact) mass is 321 g/mol. The number of carbonyl (C=O) groups is 3. The minimum atomic E-state index is -1.30. The molecule has 0 atom stereocenters. The summed E-state index contributed by atoms with van der Waals surface area (Å²) in [5.74, 6) is -3.21. The van der Waals surface area contributed by atoms with Gasteiger partial charge in [-0.3, -0.25) is 14.4 Å². The van der Waals surface area contributed by atoms with Gasteiger partial charge >= 0.3 is 11.9 Å². The Bertz CT molecular complexity index is 600. The number of esters is 2. The lowest BCUT2D eigenvalue weighted by atomic mass is 9.91. The number of nitrogens with one attached hydrogen (secondary N) is 1. The molecule has 1 N–H and O–H groups in total. The van der Waals surface area contributed by atoms with E-state index >= 15 is 0 Å². The van der Waals surface area contributed by atoms with Crippen molar-refractivity contribution in [2.45, 2.75) is 39.2 Å². The number of hydrogen-bond donors (Lipinski definition) is 1. The Morgan fingerprint density at radius 1 is 1.04 bits per heavy atom. The van der Waals surface area contributed by atoms with E-state index in [9.17, 15) is 14.4 Å². The number of ether oxygens (including phenoxy) is 2. The third-order valence-corrected chi connectivity index (χ3v) is 3.13. The minimum Gasteiger partial charge on any atom is -0.468 e. The zero-order valence-electron chi connectivity index (χ0n) is 14.4. The highest BCUT2D eigenvalue weighted by Gasteiger charge is 2.34. The second-order valence-corrected chi connectivity index (χ2v) is 6.27. The Labute approximate surface area is 136 Å². The first-order valence-electron chi connectivity index (χ1n) is 7.19. The Balaban J connectivity index is 3.42. The lowest BCUT2D eigenvalue weighted by Crippen LogP contribution is -2.41. The second-order valence-electron chi connectivity index (χ2n) is 6.27. The molecule has 0 aliphatic rings. The average Bonchev–Trinajstić information content (AvgIpc) is 2.46. The molecule has 0 spiro atoms. The van der Waals surface area contributed by atoms with Gasteiger partial charge in [0.25, 0.3) is 5.91 Å². The van der Waals surface area contributed by atoms with Crippen LogP contribution in [0.5, 0.6) is 0 Å². The van der Waals surface area contributed by atoms with Crippen molar-refractivity contribution in [3.63, 3.8) is 0 Å². The summed E-state index contributed by atoms with van der Waals surface area (Å²) in [6.45, 7) is 7.36. The summed E-state index contributed by atoms with van der Waals surface area (Å²) < 4.78 is 9.37. The standard InChI is InChI=1S/C17H23NO5/c1-10-7-8-11(13(15(20)22-5)16(21)23-6)12(9-10)14(19)18-17(2,3)4/h7-9,13H,1-6H3,(H,18,19). The van der Waals surface area contributed by atoms with E-state index in [1.165, 1.54) is 14.2 Å². The Kier molecular flexibility index (Phi) is 5.90. The van der Waals surface area contributed by atoms with Crippen molar-refractivity contribution in [2.75, 3.05) is 14.2 Å². The van der Waals surface area contributed by atoms with Crippen molar-refractivity contribution in [3.05, 3.63) is 34.9 Å². The van der Waals surface area contributed by atoms with Gasteiger partial charge in [-0.1, -0.05) is 17.7 Å². The van der Waals surface area contributed by atoms with Gasteiger partial charge in [-0.2, -0.15) is 0 Å². The Morgan fingerprint density at radius 2 is 1.57 bits per heavy atom. The predicted molar refractivity (Wildman–Crippen MR) is 85.2 cm³/mol. The molecule has 1 aromatic carbocycles. The number of aryl methyl sites for hydroxylation is 1. The summed E-state index contributed by atoms with van der Waals surface area (Å²) in [5, 5.41) is 2.83. The maximum Gasteiger partial charge on any atom is 0.324 e. The van der Waals surface area contributed by atoms with E-state index in [2.05, 4.69) is 14.8 Å². The third-order valence-electron chi connectivity index (χ3n) is 3.13. The molecule has 0 heterocycles. The van der Waals surface area contributed by atoms with Crippen LogP contribution in [0.3, 0.4) is 0 Å². The van der Waals surface area contributed by atoms with Gasteiger partial charge in [0, 0.05) is 11.1 Å². The predicted octanol–water partition coefficient (Wildman–Crippen LogP) is 1.95. The molecule has 0 aromatic heterocycles. The average molecular weight is 321 g/mol. The van der Waals surface area contributed by atoms with Crippen LogP contribution in [0.25, 0.3) is 0 Å². The molecule has 126 valence electrons. The van der Waals surface area contributed by atoms with Crippen LogP contribution < -0.4 is 5.32 Å². The van der Waals surface area contributed by atoms with Crippen molar-refractivity contribution in [1.29, 1.82) is 0 Å². The summed E-state index contributed by atoms with van der Waals surface area (Å²) >= 11 is 0. The summed E-state index contributed by atoms with van der Waals surface area (Å²) in [6.07, 6.45) is 0. The number of hydrogen-bond acceptors (Lipinski definition) is 5. The summed E-state index contributed by atoms with van der Waals surface area (Å²) in [5.41, 5.74) is 0.891. The van der Waals surface area contributed by atoms with E-state index < -0.39 is 23.4 Å². The van der Waals surface area contributed by atoms with Gasteiger partial charge in [-0.15, -0.1) is 0 Å². The van der Waals surface area contributed by atoms with Crippen molar-refractivity contribution in [2.24, 2.45) is 0 Å². The zero-order chi connectivity index (χ0) is 17.8. The maximum absolute atomic E-state index is 12.5. The highest BCUT2D eigenvalue weighted by atomic mass is 16.5. The molecular formula is C17H23NO5. The first kappa shape index (κ1) is 18.7. The van der Waals surface area contributed by atoms with Gasteiger partial charge in [0.1, 0.15) is 0 Å². The van der Waals surface area contributed by atoms with Gasteiger partial charge < -0.3 is 14.8 Å². The smallest absolute Gasteiger partial charge is 0.324 e. The van der Waals surface area contributed by atoms with Gasteiger partial charge in [-0.05, 0) is 39.3 Å². The topological polar surface area (TPSA) is 81.7 Å². The highest BCUT2D eigenvalue weighted by molar-refractivity contribution is 6.05. The minimum absolute atomic E-state index is 0.251. The Hall–Kier alpha value is -2.37. The van der Waals surface area contributed by atoms with Crippen LogP contribution in [-0.2, 0) is 19.1 Å². The van der Waals surface area contributed by atoms with E-state index in [4.69, 9.17) is 0 Å². The lowest BCUT2D eigenvalue weighted by molar-refractivity contribution is -0.154. The molecule has 0 radical (unpaired) electrons. The summed E-state index contributed by atoms with van der Waals surface area (Å²) in [6, 6.07) is 4.93. The van der Waals surface area contributed by atoms with E-state index in [0.717, 1.165) is 5.56 Å². The Morgan fingerprint density at radius 3 is 2.00 bits per heavy atom. The van der Waals surface area contributed by atoms with Crippen LogP contribution in [0.2, 0.25) is 0 Å². The van der Waals surface area contributed by atoms with E-state index in [-0.39, 0.29) is 17.0 Å². The number of carbonyl (C=O) groups excluding carboxylic acids is 3. The van der Waals surface area contributed by atoms with Crippen LogP contribution in [0, 0.1) is 6.92 Å². The zero-order valence-corrected chi connectivity index (χ0v) is 14.4. The lowest BCUT2D eigenvalue weighted by Gasteiger charge is -2.23. The maximum atomic E-state index is 12.5. The SMILES string of the molecule is COC(=O)C(C(=O)OC)c1ccc(C)cc1C(=O)NC(C)(C)C. The van der Waals surface area contributed by atoms with Crippen LogP contribution in [0.1, 0.15) is 48.2 Å². The molecule has 6 heteroatoms. The molecule has 1 amide bonds. The molecule has 0 saturated carbocycles. The molecule has 0 saturated heterocycles. The quantitative estimate of drug-likeness (QED) is 0.677. The van der Waals surface area contributed by atoms with Crippen molar-refractivity contribution in [1.82, 2.24) is 5.32 Å². The van der Waals surface area contributed by atoms with E-state index in [1.807, 2.05) is 27.7 Å². The van der Waals surface area contributed by atoms with Crippen LogP contribution in [-0.4, -0.2) is 37.6 Å². The molecule has 6 nitrogen and oxygen atoms in total. The molecule has 0 aliphatic carbocycles. The molecule has 1 rings (SSSR count). The summed E-state index contributed by atoms with van der Waals surface area (Å²) in [7, 11) is 2.36. The van der Waals surface area contributed by atoms with E-state index in [0.29, 0.717) is 0 Å². The van der Waals surface area contributed by atoms with Crippen LogP contribution in [0.4, 0.5) is 0 Å². The fourth-order valence-corrected chi connectivity index (χ4v) is 2.11. The molecule has 23 heavy (non-hydrogen) atoms. The fraction of sp³-hybridized carbons (Fsp3) is 0.471. The largest absolute Gasteiger partial charge is 0.468 e. The summed E-state index contributed by atoms with van der Waals surface area (Å²) in [4.78, 5) is 36.6. The molecular weight excluding hydrogens is 298 g/mol. The van der Waals surface area contributed by atoms with Crippen LogP contribution >= 0.6 is 0 Å². The van der Waals surface area contributed by atoms with Crippen molar-refractivity contribution >= 4 is 17.8 Å². The molecule has 1 aromatic rings. The van der Waals surface area contributed by atoms with Gasteiger partial charge in [0.15, 0.2) is 5.92 Å². The number of amides is 1. The number of rotatable bonds is 4. The highest BCUT2D eigenvalue weighted by Crippen LogP contribution is 2.25. The fourth-order valence-electron chi connectivity index (χ4n) is 2.11. The van der Waals surface area contributed by atoms with Crippen LogP contribution in [0.15, 0.2) is 18.2 Å². The second kappa shape index (κ2) is 7.26. The van der Waals surface area contributed by atoms with Gasteiger partial charge in [-0.25, -0.2) is 0 Å². The molecule has 0 unspecified atom stereocenters. The van der Waals surface area contributed by atoms with Gasteiger partial charge in [0.2, 0.25) is 0 Å². The number of methoxy groups -OCH3 is 2. The van der Waals surface area contributed by atoms with Crippen molar-refractivity contribution in [3.8, 4) is 0 Å². The number of benzene rings is 1. The van der Waals surface area contributed by atoms with Crippen molar-refractivity contribution < 1.29 is 23.9 Å². The first-order chi connectivity index (χ1) is 10.6. The van der Waals surface area contributed by atoms with E-state index in [1.54, 1.807) is 18.2 Å².